The lowest BCUT2D eigenvalue weighted by Crippen LogP contribution is -1.83. The third-order valence-corrected chi connectivity index (χ3v) is 1.65. The number of benzene rings is 1. The smallest absolute Gasteiger partial charge is 0.152 e. The van der Waals surface area contributed by atoms with Gasteiger partial charge in [-0.1, -0.05) is 36.4 Å². The molecule has 0 unspecified atom stereocenters. The third-order valence-electron chi connectivity index (χ3n) is 1.65. The van der Waals surface area contributed by atoms with Gasteiger partial charge in [0.05, 0.1) is 2.74 Å². The van der Waals surface area contributed by atoms with Gasteiger partial charge in [0, 0.05) is 0 Å². The molecular weight excluding hydrogens is 160 g/mol. The predicted molar refractivity (Wildman–Crippen MR) is 54.6 cm³/mol. The summed E-state index contributed by atoms with van der Waals surface area (Å²) in [7, 11) is 0. The van der Waals surface area contributed by atoms with E-state index < -0.39 is 0 Å². The second-order valence-electron chi connectivity index (χ2n) is 2.84. The van der Waals surface area contributed by atoms with Crippen LogP contribution in [0.25, 0.3) is 0 Å². The van der Waals surface area contributed by atoms with Gasteiger partial charge >= 0.3 is 0 Å². The highest BCUT2D eigenvalue weighted by molar-refractivity contribution is 5.87. The van der Waals surface area contributed by atoms with Gasteiger partial charge in [-0.3, -0.25) is 4.79 Å². The molecule has 0 aromatic heterocycles. The molecule has 0 heterocycles. The molecule has 0 radical (unpaired) electrons. The minimum Gasteiger partial charge on any atom is -0.295 e. The minimum absolute atomic E-state index is 0.117. The van der Waals surface area contributed by atoms with E-state index in [1.54, 1.807) is 0 Å². The first-order chi connectivity index (χ1) is 7.11. The summed E-state index contributed by atoms with van der Waals surface area (Å²) in [5.74, 6) is -0.340. The number of allylic oxidation sites excluding steroid dienone is 2. The number of hydrogen-bond donors (Lipinski definition) is 0. The van der Waals surface area contributed by atoms with Crippen LogP contribution in [0.4, 0.5) is 0 Å². The number of carbonyl (C=O) groups excluding carboxylic acids is 1. The van der Waals surface area contributed by atoms with Crippen molar-refractivity contribution in [3.8, 4) is 0 Å². The maximum absolute atomic E-state index is 10.8. The Morgan fingerprint density at radius 1 is 1.46 bits per heavy atom. The van der Waals surface area contributed by atoms with E-state index in [0.29, 0.717) is 12.8 Å². The van der Waals surface area contributed by atoms with E-state index in [1.165, 1.54) is 6.92 Å². The van der Waals surface area contributed by atoms with Crippen LogP contribution in [-0.2, 0) is 11.2 Å². The molecule has 0 bridgehead atoms. The van der Waals surface area contributed by atoms with E-state index in [9.17, 15) is 4.79 Å². The third kappa shape index (κ3) is 4.26. The van der Waals surface area contributed by atoms with Crippen LogP contribution in [0.3, 0.4) is 0 Å². The van der Waals surface area contributed by atoms with Gasteiger partial charge in [-0.2, -0.15) is 0 Å². The zero-order valence-electron chi connectivity index (χ0n) is 9.71. The Hall–Kier alpha value is -1.37. The zero-order chi connectivity index (χ0) is 11.3. The van der Waals surface area contributed by atoms with Gasteiger partial charge in [-0.15, -0.1) is 0 Å². The van der Waals surface area contributed by atoms with Crippen molar-refractivity contribution in [2.24, 2.45) is 0 Å². The second-order valence-corrected chi connectivity index (χ2v) is 2.84. The summed E-state index contributed by atoms with van der Waals surface area (Å²) in [6.07, 6.45) is 1.15. The molecule has 0 aliphatic carbocycles. The zero-order valence-corrected chi connectivity index (χ0v) is 7.71. The van der Waals surface area contributed by atoms with Gasteiger partial charge < -0.3 is 0 Å². The first-order valence-corrected chi connectivity index (χ1v) is 4.32. The van der Waals surface area contributed by atoms with E-state index in [1.807, 2.05) is 30.3 Å². The van der Waals surface area contributed by atoms with Crippen LogP contribution in [0.1, 0.15) is 21.6 Å². The van der Waals surface area contributed by atoms with E-state index in [-0.39, 0.29) is 17.9 Å². The van der Waals surface area contributed by atoms with Gasteiger partial charge in [0.2, 0.25) is 0 Å². The summed E-state index contributed by atoms with van der Waals surface area (Å²) in [6, 6.07) is 9.71. The molecule has 1 nitrogen and oxygen atoms in total. The maximum atomic E-state index is 10.8. The lowest BCUT2D eigenvalue weighted by Gasteiger charge is -1.95. The Labute approximate surface area is 81.9 Å². The summed E-state index contributed by atoms with van der Waals surface area (Å²) in [5.41, 5.74) is 1.12. The Kier molecular flexibility index (Phi) is 2.89. The number of aryl methyl sites for hydroxylation is 1. The highest BCUT2D eigenvalue weighted by Crippen LogP contribution is 2.02. The fraction of sp³-hybridized carbons (Fsp3) is 0.250. The number of hydrogen-bond acceptors (Lipinski definition) is 1. The van der Waals surface area contributed by atoms with Crippen LogP contribution >= 0.6 is 0 Å². The van der Waals surface area contributed by atoms with Crippen LogP contribution in [-0.4, -0.2) is 5.78 Å². The summed E-state index contributed by atoms with van der Waals surface area (Å²) in [5, 5.41) is 0. The van der Waals surface area contributed by atoms with Crippen molar-refractivity contribution >= 4 is 5.78 Å². The van der Waals surface area contributed by atoms with E-state index in [0.717, 1.165) is 5.56 Å². The summed E-state index contributed by atoms with van der Waals surface area (Å²) >= 11 is 0. The van der Waals surface area contributed by atoms with Crippen LogP contribution in [0.15, 0.2) is 42.4 Å². The molecule has 1 aromatic rings. The average molecular weight is 176 g/mol. The number of ketones is 1. The van der Waals surface area contributed by atoms with E-state index >= 15 is 0 Å². The predicted octanol–water partition coefficient (Wildman–Crippen LogP) is 2.76. The van der Waals surface area contributed by atoms with E-state index in [2.05, 4.69) is 0 Å². The normalized spacial score (nSPS) is 14.2. The monoisotopic (exact) mass is 176 g/mol. The fourth-order valence-corrected chi connectivity index (χ4v) is 1.04. The standard InChI is InChI=1S/C12H14O/c1-11(13)7-5-6-10-12-8-3-2-4-9-12/h2-5,7-9H,6,10H2,1H3/b7-5-/i5D,7D. The molecule has 0 saturated carbocycles. The van der Waals surface area contributed by atoms with E-state index in [4.69, 9.17) is 2.74 Å². The van der Waals surface area contributed by atoms with Gasteiger partial charge in [0.1, 0.15) is 0 Å². The first kappa shape index (κ1) is 7.07. The minimum atomic E-state index is -0.340. The van der Waals surface area contributed by atoms with Crippen molar-refractivity contribution in [1.29, 1.82) is 0 Å². The van der Waals surface area contributed by atoms with Gasteiger partial charge in [-0.05, 0) is 31.4 Å². The quantitative estimate of drug-likeness (QED) is 0.645. The second kappa shape index (κ2) is 5.31. The summed E-state index contributed by atoms with van der Waals surface area (Å²) < 4.78 is 14.9. The van der Waals surface area contributed by atoms with Gasteiger partial charge in [0.25, 0.3) is 0 Å². The Bertz CT molecular complexity index is 368. The molecule has 1 rings (SSSR count). The SMILES string of the molecule is [2H]/C(CCc1ccccc1)=C(\[2H])C(C)=O. The average Bonchev–Trinajstić information content (AvgIpc) is 2.26. The molecule has 0 aliphatic rings. The highest BCUT2D eigenvalue weighted by Gasteiger charge is 1.88. The topological polar surface area (TPSA) is 17.1 Å². The van der Waals surface area contributed by atoms with Crippen molar-refractivity contribution in [2.75, 3.05) is 0 Å². The van der Waals surface area contributed by atoms with Gasteiger partial charge in [0.15, 0.2) is 5.78 Å². The molecule has 0 N–H and O–H groups in total. The molecule has 13 heavy (non-hydrogen) atoms. The van der Waals surface area contributed by atoms with Crippen LogP contribution < -0.4 is 0 Å². The summed E-state index contributed by atoms with van der Waals surface area (Å²) in [4.78, 5) is 10.8. The molecule has 0 fully saturated rings. The Morgan fingerprint density at radius 2 is 2.15 bits per heavy atom. The van der Waals surface area contributed by atoms with Crippen molar-refractivity contribution < 1.29 is 7.54 Å². The van der Waals surface area contributed by atoms with Crippen LogP contribution in [0, 0.1) is 0 Å². The first-order valence-electron chi connectivity index (χ1n) is 5.32. The molecule has 0 saturated heterocycles. The maximum Gasteiger partial charge on any atom is 0.152 e. The molecule has 0 aliphatic heterocycles. The molecule has 0 atom stereocenters. The van der Waals surface area contributed by atoms with Crippen molar-refractivity contribution in [3.05, 3.63) is 48.0 Å². The van der Waals surface area contributed by atoms with Crippen LogP contribution in [0.5, 0.6) is 0 Å². The number of rotatable bonds is 4. The van der Waals surface area contributed by atoms with Crippen molar-refractivity contribution in [2.45, 2.75) is 19.8 Å². The molecule has 68 valence electrons. The summed E-state index contributed by atoms with van der Waals surface area (Å²) in [6.45, 7) is 1.32. The van der Waals surface area contributed by atoms with Crippen LogP contribution in [0.2, 0.25) is 0 Å². The molecule has 0 spiro atoms. The largest absolute Gasteiger partial charge is 0.295 e. The fourth-order valence-electron chi connectivity index (χ4n) is 1.04. The Balaban J connectivity index is 2.58. The van der Waals surface area contributed by atoms with Crippen molar-refractivity contribution in [3.63, 3.8) is 0 Å². The lowest BCUT2D eigenvalue weighted by molar-refractivity contribution is -0.112. The Morgan fingerprint density at radius 3 is 2.77 bits per heavy atom. The number of carbonyl (C=O) groups is 1. The highest BCUT2D eigenvalue weighted by atomic mass is 16.1. The van der Waals surface area contributed by atoms with Crippen molar-refractivity contribution in [1.82, 2.24) is 0 Å². The lowest BCUT2D eigenvalue weighted by atomic mass is 10.1. The van der Waals surface area contributed by atoms with Gasteiger partial charge in [-0.25, -0.2) is 0 Å². The molecule has 0 amide bonds. The molecular formula is C12H14O. The molecule has 1 aromatic carbocycles. The molecule has 1 heteroatoms.